The first-order valence-electron chi connectivity index (χ1n) is 5.17. The summed E-state index contributed by atoms with van der Waals surface area (Å²) in [5.41, 5.74) is 5.35. The zero-order valence-corrected chi connectivity index (χ0v) is 9.75. The first kappa shape index (κ1) is 14.0. The third-order valence-corrected chi connectivity index (χ3v) is 2.07. The van der Waals surface area contributed by atoms with Gasteiger partial charge >= 0.3 is 18.4 Å². The number of imidazole rings is 1. The van der Waals surface area contributed by atoms with E-state index < -0.39 is 25.0 Å². The Labute approximate surface area is 109 Å². The van der Waals surface area contributed by atoms with Crippen LogP contribution in [0.25, 0.3) is 5.95 Å². The lowest BCUT2D eigenvalue weighted by molar-refractivity contribution is -0.149. The Hall–Kier alpha value is -2.46. The van der Waals surface area contributed by atoms with Crippen LogP contribution in [0, 0.1) is 0 Å². The van der Waals surface area contributed by atoms with Crippen molar-refractivity contribution < 1.29 is 22.3 Å². The largest absolute Gasteiger partial charge is 0.457 e. The molecule has 0 spiro atoms. The second kappa shape index (κ2) is 5.27. The molecule has 108 valence electrons. The lowest BCUT2D eigenvalue weighted by Crippen LogP contribution is -2.34. The number of halogens is 4. The molecule has 2 heterocycles. The molecule has 0 radical (unpaired) electrons. The minimum Gasteiger partial charge on any atom is -0.457 e. The standard InChI is InChI=1S/C9H8F4N6O/c10-5(11)9(12,13)3-20-8-17-6(14)16-7(18-8)19-2-1-15-4-19/h1-2,4-5H,3H2,(H2,14,16,17,18). The van der Waals surface area contributed by atoms with Gasteiger partial charge in [-0.25, -0.2) is 13.8 Å². The molecule has 0 aromatic carbocycles. The maximum absolute atomic E-state index is 12.7. The van der Waals surface area contributed by atoms with Gasteiger partial charge in [0.2, 0.25) is 11.9 Å². The van der Waals surface area contributed by atoms with Crippen LogP contribution in [0.1, 0.15) is 0 Å². The number of aromatic nitrogens is 5. The number of alkyl halides is 4. The van der Waals surface area contributed by atoms with Crippen molar-refractivity contribution in [2.75, 3.05) is 12.3 Å². The van der Waals surface area contributed by atoms with Crippen molar-refractivity contribution in [1.82, 2.24) is 24.5 Å². The van der Waals surface area contributed by atoms with Gasteiger partial charge in [0, 0.05) is 12.4 Å². The molecule has 2 N–H and O–H groups in total. The van der Waals surface area contributed by atoms with Crippen molar-refractivity contribution in [2.45, 2.75) is 12.3 Å². The van der Waals surface area contributed by atoms with Crippen molar-refractivity contribution >= 4 is 5.95 Å². The van der Waals surface area contributed by atoms with Crippen molar-refractivity contribution in [2.24, 2.45) is 0 Å². The maximum Gasteiger partial charge on any atom is 0.340 e. The monoisotopic (exact) mass is 292 g/mol. The van der Waals surface area contributed by atoms with Gasteiger partial charge in [0.15, 0.2) is 6.61 Å². The van der Waals surface area contributed by atoms with E-state index in [1.54, 1.807) is 0 Å². The van der Waals surface area contributed by atoms with Gasteiger partial charge in [-0.05, 0) is 0 Å². The zero-order valence-electron chi connectivity index (χ0n) is 9.75. The van der Waals surface area contributed by atoms with Gasteiger partial charge in [-0.15, -0.1) is 0 Å². The molecule has 2 aromatic rings. The first-order chi connectivity index (χ1) is 9.38. The second-order valence-corrected chi connectivity index (χ2v) is 3.60. The van der Waals surface area contributed by atoms with E-state index in [9.17, 15) is 17.6 Å². The molecule has 0 bridgehead atoms. The fraction of sp³-hybridized carbons (Fsp3) is 0.333. The molecule has 0 fully saturated rings. The van der Waals surface area contributed by atoms with E-state index in [1.165, 1.54) is 23.3 Å². The molecular weight excluding hydrogens is 284 g/mol. The molecule has 0 saturated heterocycles. The van der Waals surface area contributed by atoms with Gasteiger partial charge in [-0.3, -0.25) is 4.57 Å². The van der Waals surface area contributed by atoms with Crippen LogP contribution in [0.15, 0.2) is 18.7 Å². The molecule has 11 heteroatoms. The summed E-state index contributed by atoms with van der Waals surface area (Å²) in [5, 5.41) is 0. The number of nitrogens with zero attached hydrogens (tertiary/aromatic N) is 5. The van der Waals surface area contributed by atoms with E-state index >= 15 is 0 Å². The van der Waals surface area contributed by atoms with E-state index in [0.717, 1.165) is 0 Å². The Morgan fingerprint density at radius 2 is 2.05 bits per heavy atom. The Morgan fingerprint density at radius 3 is 2.65 bits per heavy atom. The zero-order chi connectivity index (χ0) is 14.8. The fourth-order valence-corrected chi connectivity index (χ4v) is 1.14. The minimum absolute atomic E-state index is 0.0367. The molecule has 7 nitrogen and oxygen atoms in total. The highest BCUT2D eigenvalue weighted by molar-refractivity contribution is 5.25. The summed E-state index contributed by atoms with van der Waals surface area (Å²) in [6, 6.07) is -0.582. The Morgan fingerprint density at radius 1 is 1.30 bits per heavy atom. The summed E-state index contributed by atoms with van der Waals surface area (Å²) in [7, 11) is 0. The maximum atomic E-state index is 12.7. The molecule has 2 rings (SSSR count). The number of nitrogen functional groups attached to an aromatic ring is 1. The van der Waals surface area contributed by atoms with Crippen LogP contribution < -0.4 is 10.5 Å². The third kappa shape index (κ3) is 3.10. The van der Waals surface area contributed by atoms with Crippen LogP contribution in [0.4, 0.5) is 23.5 Å². The van der Waals surface area contributed by atoms with E-state index in [2.05, 4.69) is 24.7 Å². The highest BCUT2D eigenvalue weighted by Gasteiger charge is 2.42. The summed E-state index contributed by atoms with van der Waals surface area (Å²) in [5.74, 6) is -4.65. The topological polar surface area (TPSA) is 91.7 Å². The second-order valence-electron chi connectivity index (χ2n) is 3.60. The van der Waals surface area contributed by atoms with Crippen molar-refractivity contribution in [1.29, 1.82) is 0 Å². The van der Waals surface area contributed by atoms with Crippen LogP contribution in [-0.4, -0.2) is 43.5 Å². The molecule has 2 aromatic heterocycles. The molecule has 0 amide bonds. The normalized spacial score (nSPS) is 11.8. The summed E-state index contributed by atoms with van der Waals surface area (Å²) in [6.07, 6.45) is 0.360. The highest BCUT2D eigenvalue weighted by Crippen LogP contribution is 2.23. The van der Waals surface area contributed by atoms with Crippen LogP contribution in [0.3, 0.4) is 0 Å². The number of rotatable bonds is 5. The van der Waals surface area contributed by atoms with Gasteiger partial charge in [0.25, 0.3) is 0 Å². The van der Waals surface area contributed by atoms with Gasteiger partial charge in [0.05, 0.1) is 0 Å². The van der Waals surface area contributed by atoms with Crippen LogP contribution in [0.5, 0.6) is 6.01 Å². The Bertz CT molecular complexity index is 576. The molecule has 0 aliphatic heterocycles. The number of nitrogens with two attached hydrogens (primary N) is 1. The first-order valence-corrected chi connectivity index (χ1v) is 5.17. The SMILES string of the molecule is Nc1nc(OCC(F)(F)C(F)F)nc(-n2ccnc2)n1. The van der Waals surface area contributed by atoms with Crippen LogP contribution in [-0.2, 0) is 0 Å². The van der Waals surface area contributed by atoms with Crippen molar-refractivity contribution in [3.8, 4) is 12.0 Å². The van der Waals surface area contributed by atoms with Crippen molar-refractivity contribution in [3.05, 3.63) is 18.7 Å². The van der Waals surface area contributed by atoms with Crippen LogP contribution >= 0.6 is 0 Å². The quantitative estimate of drug-likeness (QED) is 0.824. The molecule has 0 aliphatic carbocycles. The number of ether oxygens (including phenoxy) is 1. The number of hydrogen-bond donors (Lipinski definition) is 1. The van der Waals surface area contributed by atoms with Gasteiger partial charge in [-0.2, -0.15) is 23.7 Å². The van der Waals surface area contributed by atoms with E-state index in [-0.39, 0.29) is 11.9 Å². The predicted molar refractivity (Wildman–Crippen MR) is 57.8 cm³/mol. The number of anilines is 1. The highest BCUT2D eigenvalue weighted by atomic mass is 19.3. The molecule has 0 atom stereocenters. The third-order valence-electron chi connectivity index (χ3n) is 2.07. The van der Waals surface area contributed by atoms with Gasteiger partial charge in [-0.1, -0.05) is 0 Å². The van der Waals surface area contributed by atoms with E-state index in [0.29, 0.717) is 0 Å². The summed E-state index contributed by atoms with van der Waals surface area (Å²) < 4.78 is 55.1. The van der Waals surface area contributed by atoms with E-state index in [1.807, 2.05) is 0 Å². The minimum atomic E-state index is -4.31. The smallest absolute Gasteiger partial charge is 0.340 e. The lowest BCUT2D eigenvalue weighted by atomic mass is 10.4. The van der Waals surface area contributed by atoms with Gasteiger partial charge < -0.3 is 10.5 Å². The lowest BCUT2D eigenvalue weighted by Gasteiger charge is -2.15. The Kier molecular flexibility index (Phi) is 3.68. The van der Waals surface area contributed by atoms with E-state index in [4.69, 9.17) is 5.73 Å². The number of hydrogen-bond acceptors (Lipinski definition) is 6. The summed E-state index contributed by atoms with van der Waals surface area (Å²) in [4.78, 5) is 14.5. The Balaban J connectivity index is 2.17. The predicted octanol–water partition coefficient (Wildman–Crippen LogP) is 0.919. The summed E-state index contributed by atoms with van der Waals surface area (Å²) in [6.45, 7) is -1.57. The molecule has 0 aliphatic rings. The average Bonchev–Trinajstić information content (AvgIpc) is 2.89. The van der Waals surface area contributed by atoms with Crippen LogP contribution in [0.2, 0.25) is 0 Å². The van der Waals surface area contributed by atoms with Crippen molar-refractivity contribution in [3.63, 3.8) is 0 Å². The summed E-state index contributed by atoms with van der Waals surface area (Å²) >= 11 is 0. The fourth-order valence-electron chi connectivity index (χ4n) is 1.14. The molecule has 0 saturated carbocycles. The molecule has 0 unspecified atom stereocenters. The molecule has 20 heavy (non-hydrogen) atoms. The van der Waals surface area contributed by atoms with Gasteiger partial charge in [0.1, 0.15) is 6.33 Å². The average molecular weight is 292 g/mol. The molecular formula is C9H8F4N6O.